The standard InChI is InChI=1S/C13H14O5.C6H6/c1-17-11-5-3-4-9(7-11)6-10(8-12(14)15)13(16)18-2;1-2-4-6-5-3-1/h3-7H,8H2,1-2H3,(H,14,15);1-6H. The third-order valence-electron chi connectivity index (χ3n) is 2.89. The van der Waals surface area contributed by atoms with Crippen LogP contribution >= 0.6 is 0 Å². The number of carbonyl (C=O) groups is 2. The van der Waals surface area contributed by atoms with Crippen LogP contribution in [0.1, 0.15) is 12.0 Å². The molecule has 0 unspecified atom stereocenters. The lowest BCUT2D eigenvalue weighted by molar-refractivity contribution is -0.141. The molecule has 0 amide bonds. The molecule has 0 heterocycles. The van der Waals surface area contributed by atoms with Crippen LogP contribution in [0.15, 0.2) is 66.2 Å². The van der Waals surface area contributed by atoms with Gasteiger partial charge in [-0.25, -0.2) is 4.79 Å². The van der Waals surface area contributed by atoms with E-state index in [2.05, 4.69) is 4.74 Å². The maximum absolute atomic E-state index is 11.4. The summed E-state index contributed by atoms with van der Waals surface area (Å²) >= 11 is 0. The van der Waals surface area contributed by atoms with Gasteiger partial charge >= 0.3 is 11.9 Å². The molecule has 0 saturated heterocycles. The van der Waals surface area contributed by atoms with Crippen molar-refractivity contribution in [3.05, 3.63) is 71.8 Å². The average molecular weight is 328 g/mol. The van der Waals surface area contributed by atoms with Crippen LogP contribution in [-0.2, 0) is 14.3 Å². The van der Waals surface area contributed by atoms with Crippen LogP contribution in [0, 0.1) is 0 Å². The normalized spacial score (nSPS) is 10.2. The summed E-state index contributed by atoms with van der Waals surface area (Å²) in [6, 6.07) is 18.9. The smallest absolute Gasteiger partial charge is 0.334 e. The van der Waals surface area contributed by atoms with E-state index in [-0.39, 0.29) is 12.0 Å². The van der Waals surface area contributed by atoms with Gasteiger partial charge in [0.2, 0.25) is 0 Å². The molecule has 24 heavy (non-hydrogen) atoms. The third kappa shape index (κ3) is 7.26. The molecule has 126 valence electrons. The molecular weight excluding hydrogens is 308 g/mol. The first kappa shape index (κ1) is 19.0. The molecule has 0 aromatic heterocycles. The molecule has 0 radical (unpaired) electrons. The van der Waals surface area contributed by atoms with Crippen molar-refractivity contribution in [2.45, 2.75) is 6.42 Å². The summed E-state index contributed by atoms with van der Waals surface area (Å²) in [6.45, 7) is 0. The van der Waals surface area contributed by atoms with Crippen LogP contribution in [0.25, 0.3) is 6.08 Å². The van der Waals surface area contributed by atoms with Crippen molar-refractivity contribution in [3.8, 4) is 5.75 Å². The Balaban J connectivity index is 0.000000400. The van der Waals surface area contributed by atoms with E-state index in [0.717, 1.165) is 0 Å². The highest BCUT2D eigenvalue weighted by Gasteiger charge is 2.13. The number of benzene rings is 2. The molecule has 0 aliphatic rings. The number of ether oxygens (including phenoxy) is 2. The Hall–Kier alpha value is -3.08. The van der Waals surface area contributed by atoms with E-state index in [1.54, 1.807) is 24.3 Å². The number of rotatable bonds is 5. The fraction of sp³-hybridized carbons (Fsp3) is 0.158. The van der Waals surface area contributed by atoms with Crippen LogP contribution in [0.3, 0.4) is 0 Å². The summed E-state index contributed by atoms with van der Waals surface area (Å²) in [6.07, 6.45) is 1.09. The van der Waals surface area contributed by atoms with Gasteiger partial charge in [0, 0.05) is 5.57 Å². The molecule has 0 atom stereocenters. The van der Waals surface area contributed by atoms with Crippen molar-refractivity contribution in [2.75, 3.05) is 14.2 Å². The van der Waals surface area contributed by atoms with E-state index in [4.69, 9.17) is 9.84 Å². The minimum absolute atomic E-state index is 0.0817. The van der Waals surface area contributed by atoms with Gasteiger partial charge in [-0.05, 0) is 23.8 Å². The first-order valence-electron chi connectivity index (χ1n) is 7.21. The number of hydrogen-bond acceptors (Lipinski definition) is 4. The van der Waals surface area contributed by atoms with Crippen LogP contribution in [0.2, 0.25) is 0 Å². The average Bonchev–Trinajstić information content (AvgIpc) is 2.62. The molecule has 5 heteroatoms. The van der Waals surface area contributed by atoms with E-state index in [1.165, 1.54) is 20.3 Å². The van der Waals surface area contributed by atoms with E-state index in [9.17, 15) is 9.59 Å². The first-order chi connectivity index (χ1) is 11.6. The van der Waals surface area contributed by atoms with Gasteiger partial charge in [-0.1, -0.05) is 48.5 Å². The highest BCUT2D eigenvalue weighted by Crippen LogP contribution is 2.17. The minimum atomic E-state index is -1.09. The van der Waals surface area contributed by atoms with Crippen LogP contribution < -0.4 is 4.74 Å². The van der Waals surface area contributed by atoms with Crippen LogP contribution in [0.5, 0.6) is 5.75 Å². The molecule has 0 aliphatic heterocycles. The summed E-state index contributed by atoms with van der Waals surface area (Å²) in [7, 11) is 2.74. The number of esters is 1. The summed E-state index contributed by atoms with van der Waals surface area (Å²) < 4.78 is 9.58. The van der Waals surface area contributed by atoms with Crippen LogP contribution in [0.4, 0.5) is 0 Å². The quantitative estimate of drug-likeness (QED) is 0.672. The van der Waals surface area contributed by atoms with Crippen molar-refractivity contribution < 1.29 is 24.2 Å². The lowest BCUT2D eigenvalue weighted by Gasteiger charge is -2.04. The molecule has 1 N–H and O–H groups in total. The molecule has 0 spiro atoms. The number of carboxylic acids is 1. The Kier molecular flexibility index (Phi) is 8.39. The Morgan fingerprint density at radius 3 is 2.04 bits per heavy atom. The largest absolute Gasteiger partial charge is 0.497 e. The molecule has 5 nitrogen and oxygen atoms in total. The molecular formula is C19H20O5. The zero-order chi connectivity index (χ0) is 17.8. The molecule has 2 rings (SSSR count). The zero-order valence-corrected chi connectivity index (χ0v) is 13.6. The molecule has 0 fully saturated rings. The van der Waals surface area contributed by atoms with Crippen molar-refractivity contribution in [1.82, 2.24) is 0 Å². The second kappa shape index (κ2) is 10.6. The summed E-state index contributed by atoms with van der Waals surface area (Å²) in [4.78, 5) is 22.1. The topological polar surface area (TPSA) is 72.8 Å². The molecule has 2 aromatic rings. The Bertz CT molecular complexity index is 650. The minimum Gasteiger partial charge on any atom is -0.497 e. The SMILES string of the molecule is COC(=O)C(=Cc1cccc(OC)c1)CC(=O)O.c1ccccc1. The second-order valence-corrected chi connectivity index (χ2v) is 4.66. The highest BCUT2D eigenvalue weighted by atomic mass is 16.5. The van der Waals surface area contributed by atoms with Gasteiger partial charge in [0.15, 0.2) is 0 Å². The van der Waals surface area contributed by atoms with E-state index < -0.39 is 11.9 Å². The van der Waals surface area contributed by atoms with Gasteiger partial charge in [0.1, 0.15) is 5.75 Å². The Labute approximate surface area is 141 Å². The van der Waals surface area contributed by atoms with Gasteiger partial charge < -0.3 is 14.6 Å². The van der Waals surface area contributed by atoms with Gasteiger partial charge in [-0.3, -0.25) is 4.79 Å². The van der Waals surface area contributed by atoms with Crippen molar-refractivity contribution in [2.24, 2.45) is 0 Å². The maximum atomic E-state index is 11.4. The van der Waals surface area contributed by atoms with Crippen molar-refractivity contribution in [3.63, 3.8) is 0 Å². The number of carbonyl (C=O) groups excluding carboxylic acids is 1. The zero-order valence-electron chi connectivity index (χ0n) is 13.6. The lowest BCUT2D eigenvalue weighted by atomic mass is 10.1. The van der Waals surface area contributed by atoms with Gasteiger partial charge in [0.25, 0.3) is 0 Å². The first-order valence-corrected chi connectivity index (χ1v) is 7.21. The highest BCUT2D eigenvalue weighted by molar-refractivity contribution is 5.97. The molecule has 0 saturated carbocycles. The lowest BCUT2D eigenvalue weighted by Crippen LogP contribution is -2.09. The van der Waals surface area contributed by atoms with E-state index in [0.29, 0.717) is 11.3 Å². The Morgan fingerprint density at radius 1 is 1.00 bits per heavy atom. The number of hydrogen-bond donors (Lipinski definition) is 1. The molecule has 0 bridgehead atoms. The van der Waals surface area contributed by atoms with Crippen molar-refractivity contribution in [1.29, 1.82) is 0 Å². The van der Waals surface area contributed by atoms with E-state index >= 15 is 0 Å². The fourth-order valence-corrected chi connectivity index (χ4v) is 1.79. The monoisotopic (exact) mass is 328 g/mol. The predicted octanol–water partition coefficient (Wildman–Crippen LogP) is 3.41. The predicted molar refractivity (Wildman–Crippen MR) is 91.7 cm³/mol. The number of methoxy groups -OCH3 is 2. The fourth-order valence-electron chi connectivity index (χ4n) is 1.79. The number of carboxylic acid groups (broad SMARTS) is 1. The van der Waals surface area contributed by atoms with E-state index in [1.807, 2.05) is 36.4 Å². The van der Waals surface area contributed by atoms with Crippen molar-refractivity contribution >= 4 is 18.0 Å². The summed E-state index contributed by atoms with van der Waals surface area (Å²) in [5.74, 6) is -1.11. The summed E-state index contributed by atoms with van der Waals surface area (Å²) in [5, 5.41) is 8.73. The second-order valence-electron chi connectivity index (χ2n) is 4.66. The molecule has 0 aliphatic carbocycles. The maximum Gasteiger partial charge on any atom is 0.334 e. The summed E-state index contributed by atoms with van der Waals surface area (Å²) in [5.41, 5.74) is 0.759. The third-order valence-corrected chi connectivity index (χ3v) is 2.89. The van der Waals surface area contributed by atoms with Gasteiger partial charge in [0.05, 0.1) is 20.6 Å². The molecule has 2 aromatic carbocycles. The van der Waals surface area contributed by atoms with Gasteiger partial charge in [-0.15, -0.1) is 0 Å². The number of aliphatic carboxylic acids is 1. The Morgan fingerprint density at radius 2 is 1.58 bits per heavy atom. The van der Waals surface area contributed by atoms with Gasteiger partial charge in [-0.2, -0.15) is 0 Å². The van der Waals surface area contributed by atoms with Crippen LogP contribution in [-0.4, -0.2) is 31.3 Å².